The standard InChI is InChI=1S/C22H32O3/c1-13(12-23)15-6-7-16-14-4-5-18-19(24)8-9-20(25)22(18,3)17(14)10-11-21(15,16)2/h4-5,12-13,15-17,19-20,24-25H,6-11H2,1-3H3/t13?,15-,16+,17+,19?,20?,21-,22-/m1/s1. The Bertz CT molecular complexity index is 635. The monoisotopic (exact) mass is 344 g/mol. The number of aldehydes is 1. The van der Waals surface area contributed by atoms with Gasteiger partial charge in [0.15, 0.2) is 0 Å². The lowest BCUT2D eigenvalue weighted by molar-refractivity contribution is -0.114. The maximum absolute atomic E-state index is 11.4. The van der Waals surface area contributed by atoms with Gasteiger partial charge in [0.2, 0.25) is 0 Å². The molecule has 4 aliphatic rings. The fraction of sp³-hybridized carbons (Fsp3) is 0.773. The SMILES string of the molecule is CC(C=O)[C@H]1CC[C@H]2C3=CC=C4C(O)CCC(O)[C@]4(C)[C@H]3CC[C@]12C. The predicted octanol–water partition coefficient (Wildman–Crippen LogP) is 3.65. The Labute approximate surface area is 151 Å². The van der Waals surface area contributed by atoms with Gasteiger partial charge in [-0.15, -0.1) is 0 Å². The molecule has 0 amide bonds. The molecule has 4 aliphatic carbocycles. The van der Waals surface area contributed by atoms with E-state index in [9.17, 15) is 15.0 Å². The average Bonchev–Trinajstić information content (AvgIpc) is 2.95. The van der Waals surface area contributed by atoms with E-state index >= 15 is 0 Å². The molecule has 4 rings (SSSR count). The Hall–Kier alpha value is -0.930. The summed E-state index contributed by atoms with van der Waals surface area (Å²) >= 11 is 0. The minimum absolute atomic E-state index is 0.125. The molecule has 0 saturated heterocycles. The zero-order chi connectivity index (χ0) is 18.0. The van der Waals surface area contributed by atoms with E-state index in [1.807, 2.05) is 0 Å². The van der Waals surface area contributed by atoms with Crippen LogP contribution in [0.5, 0.6) is 0 Å². The highest BCUT2D eigenvalue weighted by Gasteiger charge is 2.59. The van der Waals surface area contributed by atoms with Gasteiger partial charge in [-0.1, -0.05) is 38.5 Å². The van der Waals surface area contributed by atoms with E-state index < -0.39 is 6.10 Å². The summed E-state index contributed by atoms with van der Waals surface area (Å²) in [6, 6.07) is 0. The third kappa shape index (κ3) is 2.21. The van der Waals surface area contributed by atoms with E-state index in [-0.39, 0.29) is 22.9 Å². The van der Waals surface area contributed by atoms with Crippen LogP contribution in [0, 0.1) is 34.5 Å². The molecule has 138 valence electrons. The summed E-state index contributed by atoms with van der Waals surface area (Å²) in [5.74, 6) is 1.44. The first-order valence-electron chi connectivity index (χ1n) is 10.1. The maximum atomic E-state index is 11.4. The molecule has 2 N–H and O–H groups in total. The van der Waals surface area contributed by atoms with Gasteiger partial charge in [0.1, 0.15) is 6.29 Å². The van der Waals surface area contributed by atoms with Crippen LogP contribution >= 0.6 is 0 Å². The van der Waals surface area contributed by atoms with E-state index in [0.717, 1.165) is 37.5 Å². The Morgan fingerprint density at radius 2 is 1.84 bits per heavy atom. The van der Waals surface area contributed by atoms with Crippen molar-refractivity contribution in [3.63, 3.8) is 0 Å². The molecule has 3 heteroatoms. The van der Waals surface area contributed by atoms with Crippen molar-refractivity contribution in [3.05, 3.63) is 23.3 Å². The molecule has 0 radical (unpaired) electrons. The lowest BCUT2D eigenvalue weighted by Gasteiger charge is -2.56. The molecule has 25 heavy (non-hydrogen) atoms. The van der Waals surface area contributed by atoms with Crippen LogP contribution in [0.1, 0.15) is 59.3 Å². The van der Waals surface area contributed by atoms with E-state index in [2.05, 4.69) is 32.9 Å². The molecule has 3 fully saturated rings. The molecule has 8 atom stereocenters. The van der Waals surface area contributed by atoms with Crippen molar-refractivity contribution < 1.29 is 15.0 Å². The van der Waals surface area contributed by atoms with Crippen LogP contribution in [-0.4, -0.2) is 28.7 Å². The van der Waals surface area contributed by atoms with Crippen molar-refractivity contribution in [1.82, 2.24) is 0 Å². The summed E-state index contributed by atoms with van der Waals surface area (Å²) in [5, 5.41) is 21.4. The van der Waals surface area contributed by atoms with Gasteiger partial charge in [0.05, 0.1) is 12.2 Å². The largest absolute Gasteiger partial charge is 0.392 e. The molecule has 0 bridgehead atoms. The molecule has 0 aliphatic heterocycles. The zero-order valence-corrected chi connectivity index (χ0v) is 15.7. The Balaban J connectivity index is 1.74. The average molecular weight is 344 g/mol. The zero-order valence-electron chi connectivity index (χ0n) is 15.7. The van der Waals surface area contributed by atoms with Gasteiger partial charge >= 0.3 is 0 Å². The highest BCUT2D eigenvalue weighted by Crippen LogP contribution is 2.65. The summed E-state index contributed by atoms with van der Waals surface area (Å²) in [6.45, 7) is 6.64. The van der Waals surface area contributed by atoms with Gasteiger partial charge in [0.25, 0.3) is 0 Å². The number of rotatable bonds is 2. The summed E-state index contributed by atoms with van der Waals surface area (Å²) < 4.78 is 0. The van der Waals surface area contributed by atoms with Gasteiger partial charge in [-0.3, -0.25) is 0 Å². The first-order valence-corrected chi connectivity index (χ1v) is 10.1. The Morgan fingerprint density at radius 1 is 1.08 bits per heavy atom. The van der Waals surface area contributed by atoms with Crippen molar-refractivity contribution in [3.8, 4) is 0 Å². The number of hydrogen-bond donors (Lipinski definition) is 2. The van der Waals surface area contributed by atoms with Gasteiger partial charge in [-0.25, -0.2) is 0 Å². The highest BCUT2D eigenvalue weighted by atomic mass is 16.3. The molecule has 0 aromatic heterocycles. The fourth-order valence-electron chi connectivity index (χ4n) is 7.11. The predicted molar refractivity (Wildman–Crippen MR) is 97.8 cm³/mol. The van der Waals surface area contributed by atoms with Gasteiger partial charge in [0, 0.05) is 11.3 Å². The van der Waals surface area contributed by atoms with Crippen LogP contribution in [0.15, 0.2) is 23.3 Å². The van der Waals surface area contributed by atoms with E-state index in [1.165, 1.54) is 5.57 Å². The van der Waals surface area contributed by atoms with Crippen LogP contribution < -0.4 is 0 Å². The van der Waals surface area contributed by atoms with E-state index in [0.29, 0.717) is 30.6 Å². The fourth-order valence-corrected chi connectivity index (χ4v) is 7.11. The second-order valence-corrected chi connectivity index (χ2v) is 9.51. The lowest BCUT2D eigenvalue weighted by Crippen LogP contribution is -2.53. The van der Waals surface area contributed by atoms with E-state index in [1.54, 1.807) is 0 Å². The number of fused-ring (bicyclic) bond motifs is 5. The van der Waals surface area contributed by atoms with Crippen LogP contribution in [0.25, 0.3) is 0 Å². The quantitative estimate of drug-likeness (QED) is 0.752. The minimum atomic E-state index is -0.411. The van der Waals surface area contributed by atoms with Gasteiger partial charge in [-0.05, 0) is 67.3 Å². The van der Waals surface area contributed by atoms with Crippen molar-refractivity contribution >= 4 is 6.29 Å². The van der Waals surface area contributed by atoms with Crippen molar-refractivity contribution in [2.24, 2.45) is 34.5 Å². The highest BCUT2D eigenvalue weighted by molar-refractivity contribution is 5.54. The number of carbonyl (C=O) groups excluding carboxylic acids is 1. The van der Waals surface area contributed by atoms with Crippen LogP contribution in [0.4, 0.5) is 0 Å². The molecule has 3 unspecified atom stereocenters. The van der Waals surface area contributed by atoms with Crippen molar-refractivity contribution in [1.29, 1.82) is 0 Å². The van der Waals surface area contributed by atoms with Gasteiger partial charge in [-0.2, -0.15) is 0 Å². The minimum Gasteiger partial charge on any atom is -0.392 e. The lowest BCUT2D eigenvalue weighted by atomic mass is 9.49. The van der Waals surface area contributed by atoms with Crippen molar-refractivity contribution in [2.75, 3.05) is 0 Å². The number of carbonyl (C=O) groups is 1. The Kier molecular flexibility index (Phi) is 4.05. The summed E-state index contributed by atoms with van der Waals surface area (Å²) in [7, 11) is 0. The Morgan fingerprint density at radius 3 is 2.56 bits per heavy atom. The summed E-state index contributed by atoms with van der Waals surface area (Å²) in [6.07, 6.45) is 10.5. The second kappa shape index (κ2) is 5.79. The number of allylic oxidation sites excluding steroid dienone is 3. The third-order valence-corrected chi connectivity index (χ3v) is 8.60. The topological polar surface area (TPSA) is 57.5 Å². The van der Waals surface area contributed by atoms with Gasteiger partial charge < -0.3 is 15.0 Å². The van der Waals surface area contributed by atoms with Crippen LogP contribution in [0.3, 0.4) is 0 Å². The third-order valence-electron chi connectivity index (χ3n) is 8.60. The smallest absolute Gasteiger partial charge is 0.123 e. The first-order chi connectivity index (χ1) is 11.8. The number of hydrogen-bond acceptors (Lipinski definition) is 3. The maximum Gasteiger partial charge on any atom is 0.123 e. The summed E-state index contributed by atoms with van der Waals surface area (Å²) in [5.41, 5.74) is 2.40. The van der Waals surface area contributed by atoms with Crippen molar-refractivity contribution in [2.45, 2.75) is 71.5 Å². The second-order valence-electron chi connectivity index (χ2n) is 9.51. The molecule has 0 heterocycles. The molecule has 0 aromatic carbocycles. The molecule has 3 saturated carbocycles. The first kappa shape index (κ1) is 17.5. The summed E-state index contributed by atoms with van der Waals surface area (Å²) in [4.78, 5) is 11.4. The molecule has 0 spiro atoms. The molecule has 3 nitrogen and oxygen atoms in total. The molecule has 0 aromatic rings. The van der Waals surface area contributed by atoms with E-state index in [4.69, 9.17) is 0 Å². The normalized spacial score (nSPS) is 50.0. The van der Waals surface area contributed by atoms with Crippen LogP contribution in [0.2, 0.25) is 0 Å². The number of aliphatic hydroxyl groups is 2. The molecular formula is C22H32O3. The molecular weight excluding hydrogens is 312 g/mol. The van der Waals surface area contributed by atoms with Crippen LogP contribution in [-0.2, 0) is 4.79 Å². The number of aliphatic hydroxyl groups excluding tert-OH is 2.